The molecule has 0 radical (unpaired) electrons. The molecule has 0 amide bonds. The maximum atomic E-state index is 12.2. The Bertz CT molecular complexity index is 804. The normalized spacial score (nSPS) is 11.1. The lowest BCUT2D eigenvalue weighted by atomic mass is 10.1. The van der Waals surface area contributed by atoms with Crippen LogP contribution in [-0.2, 0) is 20.8 Å². The summed E-state index contributed by atoms with van der Waals surface area (Å²) in [6, 6.07) is 8.90. The molecular weight excluding hydrogens is 338 g/mol. The van der Waals surface area contributed by atoms with Crippen molar-refractivity contribution in [1.29, 1.82) is 0 Å². The van der Waals surface area contributed by atoms with Gasteiger partial charge in [0, 0.05) is 12.7 Å². The van der Waals surface area contributed by atoms with Gasteiger partial charge in [0.1, 0.15) is 11.3 Å². The molecule has 0 saturated carbocycles. The third-order valence-electron chi connectivity index (χ3n) is 3.76. The van der Waals surface area contributed by atoms with E-state index in [2.05, 4.69) is 0 Å². The van der Waals surface area contributed by atoms with E-state index in [0.29, 0.717) is 12.8 Å². The van der Waals surface area contributed by atoms with Gasteiger partial charge in [-0.3, -0.25) is 0 Å². The van der Waals surface area contributed by atoms with Gasteiger partial charge in [-0.2, -0.15) is 0 Å². The molecule has 7 heteroatoms. The average Bonchev–Trinajstić information content (AvgIpc) is 3.06. The predicted octanol–water partition coefficient (Wildman–Crippen LogP) is 2.79. The predicted molar refractivity (Wildman–Crippen MR) is 95.1 cm³/mol. The molecule has 0 atom stereocenters. The van der Waals surface area contributed by atoms with Gasteiger partial charge >= 0.3 is 11.9 Å². The third-order valence-corrected chi connectivity index (χ3v) is 3.76. The van der Waals surface area contributed by atoms with Crippen LogP contribution in [0.4, 0.5) is 0 Å². The van der Waals surface area contributed by atoms with Gasteiger partial charge in [0.2, 0.25) is 0 Å². The van der Waals surface area contributed by atoms with Crippen LogP contribution in [0.5, 0.6) is 5.75 Å². The van der Waals surface area contributed by atoms with Crippen molar-refractivity contribution in [2.24, 2.45) is 0 Å². The Labute approximate surface area is 151 Å². The third kappa shape index (κ3) is 4.05. The van der Waals surface area contributed by atoms with E-state index in [4.69, 9.17) is 14.2 Å². The van der Waals surface area contributed by atoms with Gasteiger partial charge in [0.05, 0.1) is 38.3 Å². The second-order valence-electron chi connectivity index (χ2n) is 5.31. The molecule has 0 aliphatic heterocycles. The lowest BCUT2D eigenvalue weighted by molar-refractivity contribution is -0.136. The van der Waals surface area contributed by atoms with Crippen molar-refractivity contribution in [1.82, 2.24) is 4.57 Å². The molecule has 0 spiro atoms. The van der Waals surface area contributed by atoms with Crippen molar-refractivity contribution < 1.29 is 28.9 Å². The molecule has 26 heavy (non-hydrogen) atoms. The van der Waals surface area contributed by atoms with E-state index < -0.39 is 11.9 Å². The van der Waals surface area contributed by atoms with Crippen LogP contribution in [0.2, 0.25) is 0 Å². The quantitative estimate of drug-likeness (QED) is 0.465. The van der Waals surface area contributed by atoms with Gasteiger partial charge in [0.15, 0.2) is 0 Å². The number of hydrogen-bond acceptors (Lipinski definition) is 6. The lowest BCUT2D eigenvalue weighted by Gasteiger charge is -2.13. The van der Waals surface area contributed by atoms with Crippen molar-refractivity contribution in [3.63, 3.8) is 0 Å². The van der Waals surface area contributed by atoms with E-state index in [0.717, 1.165) is 11.3 Å². The van der Waals surface area contributed by atoms with E-state index in [-0.39, 0.29) is 23.4 Å². The van der Waals surface area contributed by atoms with E-state index in [1.165, 1.54) is 13.2 Å². The summed E-state index contributed by atoms with van der Waals surface area (Å²) in [5.41, 5.74) is 1.19. The largest absolute Gasteiger partial charge is 0.515 e. The summed E-state index contributed by atoms with van der Waals surface area (Å²) in [6.45, 7) is 2.17. The van der Waals surface area contributed by atoms with Crippen molar-refractivity contribution in [3.05, 3.63) is 59.6 Å². The van der Waals surface area contributed by atoms with Gasteiger partial charge in [-0.05, 0) is 30.7 Å². The molecule has 0 aliphatic carbocycles. The summed E-state index contributed by atoms with van der Waals surface area (Å²) >= 11 is 0. The molecule has 7 nitrogen and oxygen atoms in total. The van der Waals surface area contributed by atoms with Crippen molar-refractivity contribution in [2.75, 3.05) is 20.8 Å². The first-order valence-electron chi connectivity index (χ1n) is 7.97. The van der Waals surface area contributed by atoms with Crippen molar-refractivity contribution in [2.45, 2.75) is 13.5 Å². The number of nitrogens with zero attached hydrogens (tertiary/aromatic N) is 1. The molecular formula is C19H21NO6. The minimum Gasteiger partial charge on any atom is -0.515 e. The van der Waals surface area contributed by atoms with E-state index in [1.807, 2.05) is 24.3 Å². The first kappa shape index (κ1) is 19.1. The number of rotatable bonds is 7. The highest BCUT2D eigenvalue weighted by molar-refractivity contribution is 6.18. The zero-order chi connectivity index (χ0) is 19.1. The molecule has 1 heterocycles. The van der Waals surface area contributed by atoms with Crippen LogP contribution in [0.25, 0.3) is 5.57 Å². The smallest absolute Gasteiger partial charge is 0.343 e. The molecule has 0 fully saturated rings. The molecule has 1 aromatic carbocycles. The number of aromatic nitrogens is 1. The van der Waals surface area contributed by atoms with E-state index >= 15 is 0 Å². The fourth-order valence-corrected chi connectivity index (χ4v) is 2.53. The highest BCUT2D eigenvalue weighted by atomic mass is 16.5. The Morgan fingerprint density at radius 1 is 1.15 bits per heavy atom. The van der Waals surface area contributed by atoms with Crippen LogP contribution in [0, 0.1) is 0 Å². The molecule has 138 valence electrons. The number of aliphatic hydroxyl groups excluding tert-OH is 1. The van der Waals surface area contributed by atoms with Crippen LogP contribution < -0.4 is 4.74 Å². The molecule has 0 aliphatic rings. The van der Waals surface area contributed by atoms with Crippen LogP contribution in [-0.4, -0.2) is 42.4 Å². The molecule has 2 rings (SSSR count). The van der Waals surface area contributed by atoms with Gasteiger partial charge in [0.25, 0.3) is 0 Å². The zero-order valence-corrected chi connectivity index (χ0v) is 14.9. The average molecular weight is 359 g/mol. The minimum atomic E-state index is -0.727. The van der Waals surface area contributed by atoms with Gasteiger partial charge in [-0.1, -0.05) is 12.1 Å². The second kappa shape index (κ2) is 8.75. The number of hydrogen-bond donors (Lipinski definition) is 1. The lowest BCUT2D eigenvalue weighted by Crippen LogP contribution is -2.15. The second-order valence-corrected chi connectivity index (χ2v) is 5.31. The molecule has 0 unspecified atom stereocenters. The summed E-state index contributed by atoms with van der Waals surface area (Å²) < 4.78 is 16.6. The summed E-state index contributed by atoms with van der Waals surface area (Å²) in [7, 11) is 2.83. The Morgan fingerprint density at radius 3 is 2.38 bits per heavy atom. The number of benzene rings is 1. The fraction of sp³-hybridized carbons (Fsp3) is 0.263. The SMILES string of the molecule is CCOC(=O)/C(=C\O)c1c(C(=O)OC)ccn1Cc1ccc(OC)cc1. The number of carbonyl (C=O) groups excluding carboxylic acids is 2. The number of ether oxygens (including phenoxy) is 3. The highest BCUT2D eigenvalue weighted by Crippen LogP contribution is 2.24. The number of esters is 2. The standard InChI is InChI=1S/C19H21NO6/c1-4-26-19(23)16(12-21)17-15(18(22)25-3)9-10-20(17)11-13-5-7-14(24-2)8-6-13/h5-10,12,21H,4,11H2,1-3H3/b16-12-. The van der Waals surface area contributed by atoms with Gasteiger partial charge in [-0.25, -0.2) is 9.59 Å². The fourth-order valence-electron chi connectivity index (χ4n) is 2.53. The topological polar surface area (TPSA) is 87.0 Å². The molecule has 2 aromatic rings. The van der Waals surface area contributed by atoms with Gasteiger partial charge < -0.3 is 23.9 Å². The Kier molecular flexibility index (Phi) is 6.43. The summed E-state index contributed by atoms with van der Waals surface area (Å²) in [5, 5.41) is 9.59. The van der Waals surface area contributed by atoms with Crippen LogP contribution >= 0.6 is 0 Å². The number of carbonyl (C=O) groups is 2. The Morgan fingerprint density at radius 2 is 1.85 bits per heavy atom. The zero-order valence-electron chi connectivity index (χ0n) is 14.9. The number of methoxy groups -OCH3 is 2. The molecule has 1 N–H and O–H groups in total. The van der Waals surface area contributed by atoms with Crippen molar-refractivity contribution in [3.8, 4) is 5.75 Å². The number of aliphatic hydroxyl groups is 1. The van der Waals surface area contributed by atoms with Gasteiger partial charge in [-0.15, -0.1) is 0 Å². The van der Waals surface area contributed by atoms with Crippen LogP contribution in [0.3, 0.4) is 0 Å². The summed E-state index contributed by atoms with van der Waals surface area (Å²) in [6.07, 6.45) is 2.29. The minimum absolute atomic E-state index is 0.120. The molecule has 0 saturated heterocycles. The summed E-state index contributed by atoms with van der Waals surface area (Å²) in [5.74, 6) is -0.619. The first-order valence-corrected chi connectivity index (χ1v) is 7.97. The Balaban J connectivity index is 2.46. The van der Waals surface area contributed by atoms with E-state index in [9.17, 15) is 14.7 Å². The van der Waals surface area contributed by atoms with Crippen LogP contribution in [0.15, 0.2) is 42.8 Å². The first-order chi connectivity index (χ1) is 12.5. The Hall–Kier alpha value is -3.22. The maximum Gasteiger partial charge on any atom is 0.343 e. The van der Waals surface area contributed by atoms with E-state index in [1.54, 1.807) is 24.8 Å². The molecule has 1 aromatic heterocycles. The summed E-state index contributed by atoms with van der Waals surface area (Å²) in [4.78, 5) is 24.3. The maximum absolute atomic E-state index is 12.2. The van der Waals surface area contributed by atoms with Crippen molar-refractivity contribution >= 4 is 17.5 Å². The molecule has 0 bridgehead atoms. The highest BCUT2D eigenvalue weighted by Gasteiger charge is 2.25. The monoisotopic (exact) mass is 359 g/mol. The van der Waals surface area contributed by atoms with Crippen LogP contribution in [0.1, 0.15) is 28.5 Å².